The third-order valence-electron chi connectivity index (χ3n) is 2.78. The number of nitrogens with two attached hydrogens (primary N) is 1. The largest absolute Gasteiger partial charge is 0.398 e. The molecule has 0 fully saturated rings. The van der Waals surface area contributed by atoms with Crippen molar-refractivity contribution in [1.82, 2.24) is 4.98 Å². The molecule has 2 aliphatic rings. The summed E-state index contributed by atoms with van der Waals surface area (Å²) in [4.78, 5) is 15.0. The second kappa shape index (κ2) is 3.10. The second-order valence-corrected chi connectivity index (χ2v) is 3.76. The summed E-state index contributed by atoms with van der Waals surface area (Å²) in [5.41, 5.74) is 8.84. The fraction of sp³-hybridized carbons (Fsp3) is 0. The van der Waals surface area contributed by atoms with Crippen LogP contribution in [0, 0.1) is 0 Å². The van der Waals surface area contributed by atoms with Gasteiger partial charge in [-0.15, -0.1) is 0 Å². The molecule has 1 aromatic rings. The smallest absolute Gasteiger partial charge is 0.190 e. The van der Waals surface area contributed by atoms with Gasteiger partial charge in [0.25, 0.3) is 0 Å². The summed E-state index contributed by atoms with van der Waals surface area (Å²) in [7, 11) is 0. The molecule has 0 spiro atoms. The van der Waals surface area contributed by atoms with Crippen LogP contribution in [0.3, 0.4) is 0 Å². The van der Waals surface area contributed by atoms with Gasteiger partial charge in [0.05, 0.1) is 16.9 Å². The van der Waals surface area contributed by atoms with Crippen LogP contribution in [0.5, 0.6) is 0 Å². The van der Waals surface area contributed by atoms with Crippen LogP contribution in [-0.2, 0) is 0 Å². The van der Waals surface area contributed by atoms with Gasteiger partial charge in [-0.1, -0.05) is 24.3 Å². The Kier molecular flexibility index (Phi) is 1.74. The molecule has 16 heavy (non-hydrogen) atoms. The predicted molar refractivity (Wildman–Crippen MR) is 65.6 cm³/mol. The van der Waals surface area contributed by atoms with Crippen molar-refractivity contribution in [2.45, 2.75) is 0 Å². The Morgan fingerprint density at radius 1 is 1.00 bits per heavy atom. The van der Waals surface area contributed by atoms with E-state index in [0.29, 0.717) is 11.3 Å². The minimum Gasteiger partial charge on any atom is -0.398 e. The quantitative estimate of drug-likeness (QED) is 0.559. The summed E-state index contributed by atoms with van der Waals surface area (Å²) in [5.74, 6) is 0. The molecule has 3 rings (SSSR count). The second-order valence-electron chi connectivity index (χ2n) is 3.76. The molecule has 0 aromatic heterocycles. The van der Waals surface area contributed by atoms with E-state index in [-0.39, 0.29) is 5.43 Å². The summed E-state index contributed by atoms with van der Waals surface area (Å²) < 4.78 is 0. The van der Waals surface area contributed by atoms with Crippen molar-refractivity contribution >= 4 is 16.6 Å². The van der Waals surface area contributed by atoms with E-state index < -0.39 is 0 Å². The number of aromatic nitrogens is 1. The van der Waals surface area contributed by atoms with E-state index in [9.17, 15) is 4.79 Å². The summed E-state index contributed by atoms with van der Waals surface area (Å²) in [6.07, 6.45) is 0. The van der Waals surface area contributed by atoms with Crippen molar-refractivity contribution in [2.75, 3.05) is 5.73 Å². The van der Waals surface area contributed by atoms with Gasteiger partial charge >= 0.3 is 0 Å². The fourth-order valence-corrected chi connectivity index (χ4v) is 2.02. The highest BCUT2D eigenvalue weighted by Crippen LogP contribution is 2.29. The summed E-state index contributed by atoms with van der Waals surface area (Å²) in [6.45, 7) is 0. The van der Waals surface area contributed by atoms with Crippen LogP contribution in [0.1, 0.15) is 0 Å². The average Bonchev–Trinajstić information content (AvgIpc) is 2.29. The Hall–Kier alpha value is -2.29. The van der Waals surface area contributed by atoms with Crippen molar-refractivity contribution < 1.29 is 0 Å². The zero-order valence-electron chi connectivity index (χ0n) is 8.53. The molecule has 3 nitrogen and oxygen atoms in total. The number of pyridine rings is 1. The van der Waals surface area contributed by atoms with Crippen LogP contribution in [0.4, 0.5) is 5.69 Å². The van der Waals surface area contributed by atoms with Gasteiger partial charge in [-0.2, -0.15) is 0 Å². The molecule has 78 valence electrons. The maximum atomic E-state index is 11.7. The molecule has 3 heteroatoms. The first-order valence-corrected chi connectivity index (χ1v) is 5.06. The van der Waals surface area contributed by atoms with Crippen LogP contribution < -0.4 is 11.2 Å². The lowest BCUT2D eigenvalue weighted by Gasteiger charge is -2.11. The minimum atomic E-state index is -0.0444. The maximum Gasteiger partial charge on any atom is 0.190 e. The molecule has 0 atom stereocenters. The van der Waals surface area contributed by atoms with E-state index in [2.05, 4.69) is 4.98 Å². The lowest BCUT2D eigenvalue weighted by Crippen LogP contribution is -2.09. The number of hydrogen-bond donors (Lipinski definition) is 2. The molecule has 0 amide bonds. The zero-order valence-corrected chi connectivity index (χ0v) is 8.53. The standard InChI is InChI=1S/C13H10N2O/c14-13-8-4-1-2-5-9(8)15-10-6-3-7-11(16)12(10)13/h1-7,15H,14H2. The molecule has 1 aromatic carbocycles. The SMILES string of the molecule is Nc1c2c(=O)cccc-2[nH]c2ccccc12. The van der Waals surface area contributed by atoms with Crippen LogP contribution >= 0.6 is 0 Å². The number of H-pyrrole nitrogens is 1. The summed E-state index contributed by atoms with van der Waals surface area (Å²) >= 11 is 0. The van der Waals surface area contributed by atoms with Crippen LogP contribution in [0.25, 0.3) is 22.2 Å². The number of rotatable bonds is 0. The number of para-hydroxylation sites is 1. The fourth-order valence-electron chi connectivity index (χ4n) is 2.02. The maximum absolute atomic E-state index is 11.7. The molecular formula is C13H10N2O. The first-order valence-electron chi connectivity index (χ1n) is 5.06. The monoisotopic (exact) mass is 210 g/mol. The number of benzene rings is 2. The van der Waals surface area contributed by atoms with E-state index >= 15 is 0 Å². The molecular weight excluding hydrogens is 200 g/mol. The number of hydrogen-bond acceptors (Lipinski definition) is 2. The third kappa shape index (κ3) is 1.11. The molecule has 0 saturated carbocycles. The average molecular weight is 210 g/mol. The first-order chi connectivity index (χ1) is 7.77. The Morgan fingerprint density at radius 2 is 1.81 bits per heavy atom. The number of fused-ring (bicyclic) bond motifs is 2. The van der Waals surface area contributed by atoms with E-state index in [4.69, 9.17) is 5.73 Å². The third-order valence-corrected chi connectivity index (χ3v) is 2.78. The van der Waals surface area contributed by atoms with E-state index in [1.807, 2.05) is 30.3 Å². The lowest BCUT2D eigenvalue weighted by molar-refractivity contribution is 1.37. The topological polar surface area (TPSA) is 58.9 Å². The van der Waals surface area contributed by atoms with Gasteiger partial charge in [0.1, 0.15) is 0 Å². The number of anilines is 1. The molecule has 1 heterocycles. The zero-order chi connectivity index (χ0) is 11.1. The van der Waals surface area contributed by atoms with E-state index in [1.54, 1.807) is 6.07 Å². The molecule has 0 radical (unpaired) electrons. The number of nitrogen functional groups attached to an aromatic ring is 1. The van der Waals surface area contributed by atoms with Crippen LogP contribution in [0.15, 0.2) is 47.3 Å². The lowest BCUT2D eigenvalue weighted by atomic mass is 10.0. The van der Waals surface area contributed by atoms with Gasteiger partial charge in [0, 0.05) is 10.9 Å². The molecule has 0 unspecified atom stereocenters. The number of aromatic amines is 1. The highest BCUT2D eigenvalue weighted by molar-refractivity contribution is 5.99. The Bertz CT molecular complexity index is 700. The first kappa shape index (κ1) is 8.97. The van der Waals surface area contributed by atoms with Crippen LogP contribution in [-0.4, -0.2) is 4.98 Å². The van der Waals surface area contributed by atoms with Gasteiger partial charge in [-0.3, -0.25) is 4.79 Å². The van der Waals surface area contributed by atoms with Crippen molar-refractivity contribution in [3.8, 4) is 11.3 Å². The minimum absolute atomic E-state index is 0.0444. The Balaban J connectivity index is 2.62. The van der Waals surface area contributed by atoms with Gasteiger partial charge in [-0.25, -0.2) is 0 Å². The van der Waals surface area contributed by atoms with Gasteiger partial charge in [0.15, 0.2) is 5.43 Å². The Labute approximate surface area is 91.9 Å². The highest BCUT2D eigenvalue weighted by atomic mass is 16.1. The normalized spacial score (nSPS) is 11.0. The molecule has 0 saturated heterocycles. The van der Waals surface area contributed by atoms with E-state index in [0.717, 1.165) is 16.6 Å². The predicted octanol–water partition coefficient (Wildman–Crippen LogP) is 2.22. The Morgan fingerprint density at radius 3 is 2.69 bits per heavy atom. The molecule has 1 aliphatic heterocycles. The highest BCUT2D eigenvalue weighted by Gasteiger charge is 2.12. The van der Waals surface area contributed by atoms with Crippen molar-refractivity contribution in [2.24, 2.45) is 0 Å². The van der Waals surface area contributed by atoms with Crippen molar-refractivity contribution in [3.05, 3.63) is 52.7 Å². The van der Waals surface area contributed by atoms with Gasteiger partial charge in [-0.05, 0) is 18.2 Å². The number of nitrogens with one attached hydrogen (secondary N) is 1. The van der Waals surface area contributed by atoms with Gasteiger partial charge < -0.3 is 10.7 Å². The van der Waals surface area contributed by atoms with Gasteiger partial charge in [0.2, 0.25) is 0 Å². The van der Waals surface area contributed by atoms with Crippen LogP contribution in [0.2, 0.25) is 0 Å². The molecule has 0 bridgehead atoms. The van der Waals surface area contributed by atoms with Crippen molar-refractivity contribution in [3.63, 3.8) is 0 Å². The summed E-state index contributed by atoms with van der Waals surface area (Å²) in [5, 5.41) is 0.887. The molecule has 3 N–H and O–H groups in total. The summed E-state index contributed by atoms with van der Waals surface area (Å²) in [6, 6.07) is 12.8. The van der Waals surface area contributed by atoms with Crippen molar-refractivity contribution in [1.29, 1.82) is 0 Å². The van der Waals surface area contributed by atoms with E-state index in [1.165, 1.54) is 6.07 Å². The molecule has 1 aliphatic carbocycles.